The van der Waals surface area contributed by atoms with E-state index in [1.165, 1.54) is 0 Å². The minimum Gasteiger partial charge on any atom is -0.399 e. The van der Waals surface area contributed by atoms with Gasteiger partial charge in [-0.3, -0.25) is 0 Å². The lowest BCUT2D eigenvalue weighted by molar-refractivity contribution is 1.41. The molecule has 2 N–H and O–H groups in total. The third kappa shape index (κ3) is 2.24. The molecule has 4 heteroatoms. The molecule has 0 saturated heterocycles. The molecule has 88 valence electrons. The highest BCUT2D eigenvalue weighted by atomic mass is 32.1. The molecule has 0 spiro atoms. The number of fused-ring (bicyclic) bond motifs is 1. The molecule has 0 aliphatic carbocycles. The molecule has 3 aromatic rings. The number of thiazole rings is 1. The molecule has 0 unspecified atom stereocenters. The van der Waals surface area contributed by atoms with Crippen LogP contribution in [0.2, 0.25) is 0 Å². The molecule has 0 aliphatic heterocycles. The van der Waals surface area contributed by atoms with Gasteiger partial charge in [-0.05, 0) is 29.8 Å². The molecule has 2 aromatic carbocycles. The van der Waals surface area contributed by atoms with Crippen LogP contribution in [0.1, 0.15) is 5.56 Å². The molecule has 1 heterocycles. The van der Waals surface area contributed by atoms with E-state index in [1.54, 1.807) is 17.6 Å². The highest BCUT2D eigenvalue weighted by Crippen LogP contribution is 2.27. The van der Waals surface area contributed by atoms with E-state index < -0.39 is 0 Å². The Kier molecular flexibility index (Phi) is 2.78. The zero-order chi connectivity index (χ0) is 12.4. The third-order valence-electron chi connectivity index (χ3n) is 2.54. The van der Waals surface area contributed by atoms with Crippen LogP contribution in [0.25, 0.3) is 10.2 Å². The summed E-state index contributed by atoms with van der Waals surface area (Å²) in [7, 11) is 0. The Hall–Kier alpha value is -2.20. The fourth-order valence-electron chi connectivity index (χ4n) is 1.63. The van der Waals surface area contributed by atoms with Gasteiger partial charge in [0.2, 0.25) is 5.13 Å². The van der Waals surface area contributed by atoms with Crippen LogP contribution in [0.4, 0.5) is 10.8 Å². The second-order valence-corrected chi connectivity index (χ2v) is 4.90. The van der Waals surface area contributed by atoms with Gasteiger partial charge in [0, 0.05) is 11.9 Å². The number of nitrogens with two attached hydrogens (primary N) is 1. The quantitative estimate of drug-likeness (QED) is 0.560. The molecule has 18 heavy (non-hydrogen) atoms. The van der Waals surface area contributed by atoms with E-state index in [1.807, 2.05) is 42.5 Å². The average molecular weight is 253 g/mol. The van der Waals surface area contributed by atoms with Gasteiger partial charge in [-0.2, -0.15) is 0 Å². The van der Waals surface area contributed by atoms with E-state index in [9.17, 15) is 0 Å². The maximum Gasteiger partial charge on any atom is 0.210 e. The van der Waals surface area contributed by atoms with Crippen molar-refractivity contribution in [3.05, 3.63) is 54.1 Å². The summed E-state index contributed by atoms with van der Waals surface area (Å²) in [6.45, 7) is 0. The number of aliphatic imine (C=N–C) groups is 1. The number of para-hydroxylation sites is 1. The summed E-state index contributed by atoms with van der Waals surface area (Å²) < 4.78 is 1.15. The summed E-state index contributed by atoms with van der Waals surface area (Å²) in [6, 6.07) is 15.6. The molecule has 1 aromatic heterocycles. The number of aromatic nitrogens is 1. The first kappa shape index (κ1) is 10.9. The van der Waals surface area contributed by atoms with Crippen molar-refractivity contribution in [1.29, 1.82) is 0 Å². The van der Waals surface area contributed by atoms with E-state index in [-0.39, 0.29) is 0 Å². The van der Waals surface area contributed by atoms with Gasteiger partial charge in [-0.15, -0.1) is 0 Å². The van der Waals surface area contributed by atoms with Crippen LogP contribution < -0.4 is 5.73 Å². The number of hydrogen-bond donors (Lipinski definition) is 1. The summed E-state index contributed by atoms with van der Waals surface area (Å²) in [4.78, 5) is 8.83. The number of benzene rings is 2. The summed E-state index contributed by atoms with van der Waals surface area (Å²) in [5, 5.41) is 0.771. The van der Waals surface area contributed by atoms with Gasteiger partial charge in [0.15, 0.2) is 0 Å². The lowest BCUT2D eigenvalue weighted by Crippen LogP contribution is -1.85. The van der Waals surface area contributed by atoms with Crippen LogP contribution in [0.3, 0.4) is 0 Å². The third-order valence-corrected chi connectivity index (χ3v) is 3.49. The lowest BCUT2D eigenvalue weighted by Gasteiger charge is -1.93. The van der Waals surface area contributed by atoms with Crippen LogP contribution >= 0.6 is 11.3 Å². The van der Waals surface area contributed by atoms with Crippen molar-refractivity contribution in [2.45, 2.75) is 0 Å². The predicted octanol–water partition coefficient (Wildman–Crippen LogP) is 3.63. The Balaban J connectivity index is 1.89. The molecular formula is C14H11N3S. The first-order valence-electron chi connectivity index (χ1n) is 5.56. The van der Waals surface area contributed by atoms with Gasteiger partial charge < -0.3 is 5.73 Å². The van der Waals surface area contributed by atoms with Crippen LogP contribution in [-0.2, 0) is 0 Å². The molecule has 0 aliphatic rings. The number of nitrogens with zero attached hydrogens (tertiary/aromatic N) is 2. The van der Waals surface area contributed by atoms with E-state index in [2.05, 4.69) is 16.0 Å². The largest absolute Gasteiger partial charge is 0.399 e. The Bertz CT molecular complexity index is 665. The van der Waals surface area contributed by atoms with Gasteiger partial charge in [0.05, 0.1) is 10.2 Å². The topological polar surface area (TPSA) is 51.3 Å². The van der Waals surface area contributed by atoms with Crippen molar-refractivity contribution >= 4 is 38.6 Å². The summed E-state index contributed by atoms with van der Waals surface area (Å²) in [5.41, 5.74) is 8.40. The molecule has 0 fully saturated rings. The highest BCUT2D eigenvalue weighted by molar-refractivity contribution is 7.22. The van der Waals surface area contributed by atoms with E-state index >= 15 is 0 Å². The number of hydrogen-bond acceptors (Lipinski definition) is 4. The van der Waals surface area contributed by atoms with Crippen molar-refractivity contribution in [2.75, 3.05) is 5.73 Å². The van der Waals surface area contributed by atoms with Gasteiger partial charge in [-0.1, -0.05) is 35.6 Å². The van der Waals surface area contributed by atoms with Gasteiger partial charge >= 0.3 is 0 Å². The summed E-state index contributed by atoms with van der Waals surface area (Å²) in [5.74, 6) is 0. The van der Waals surface area contributed by atoms with Gasteiger partial charge in [0.1, 0.15) is 0 Å². The number of nitrogen functional groups attached to an aromatic ring is 1. The molecule has 0 amide bonds. The van der Waals surface area contributed by atoms with Crippen molar-refractivity contribution < 1.29 is 0 Å². The first-order valence-corrected chi connectivity index (χ1v) is 6.38. The lowest BCUT2D eigenvalue weighted by atomic mass is 10.2. The smallest absolute Gasteiger partial charge is 0.210 e. The van der Waals surface area contributed by atoms with Crippen LogP contribution in [0.15, 0.2) is 53.5 Å². The fraction of sp³-hybridized carbons (Fsp3) is 0. The summed E-state index contributed by atoms with van der Waals surface area (Å²) in [6.07, 6.45) is 1.80. The average Bonchev–Trinajstić information content (AvgIpc) is 2.81. The van der Waals surface area contributed by atoms with Gasteiger partial charge in [0.25, 0.3) is 0 Å². The molecule has 3 nitrogen and oxygen atoms in total. The highest BCUT2D eigenvalue weighted by Gasteiger charge is 2.00. The van der Waals surface area contributed by atoms with Crippen molar-refractivity contribution in [2.24, 2.45) is 4.99 Å². The minimum absolute atomic E-state index is 0.757. The second-order valence-electron chi connectivity index (χ2n) is 3.89. The Morgan fingerprint density at radius 3 is 2.61 bits per heavy atom. The molecule has 0 bridgehead atoms. The van der Waals surface area contributed by atoms with Crippen molar-refractivity contribution in [1.82, 2.24) is 4.98 Å². The van der Waals surface area contributed by atoms with Crippen molar-refractivity contribution in [3.8, 4) is 0 Å². The van der Waals surface area contributed by atoms with E-state index in [0.717, 1.165) is 26.6 Å². The van der Waals surface area contributed by atoms with Crippen LogP contribution in [-0.4, -0.2) is 11.2 Å². The Labute approximate surface area is 109 Å². The Morgan fingerprint density at radius 1 is 1.06 bits per heavy atom. The molecule has 0 saturated carbocycles. The number of anilines is 1. The Morgan fingerprint density at radius 2 is 1.83 bits per heavy atom. The fourth-order valence-corrected chi connectivity index (χ4v) is 2.44. The molecule has 3 rings (SSSR count). The molecule has 0 radical (unpaired) electrons. The van der Waals surface area contributed by atoms with Crippen LogP contribution in [0, 0.1) is 0 Å². The molecular weight excluding hydrogens is 242 g/mol. The standard InChI is InChI=1S/C14H11N3S/c15-11-7-5-10(6-8-11)9-16-14-17-12-3-1-2-4-13(12)18-14/h1-9H,15H2/b16-9-. The van der Waals surface area contributed by atoms with E-state index in [0.29, 0.717) is 0 Å². The SMILES string of the molecule is Nc1ccc(/C=N\c2nc3ccccc3s2)cc1. The normalized spacial score (nSPS) is 11.3. The second kappa shape index (κ2) is 4.58. The molecule has 0 atom stereocenters. The zero-order valence-corrected chi connectivity index (χ0v) is 10.4. The maximum absolute atomic E-state index is 5.63. The van der Waals surface area contributed by atoms with Gasteiger partial charge in [-0.25, -0.2) is 9.98 Å². The number of rotatable bonds is 2. The monoisotopic (exact) mass is 253 g/mol. The predicted molar refractivity (Wildman–Crippen MR) is 77.7 cm³/mol. The van der Waals surface area contributed by atoms with Crippen molar-refractivity contribution in [3.63, 3.8) is 0 Å². The minimum atomic E-state index is 0.757. The zero-order valence-electron chi connectivity index (χ0n) is 9.58. The first-order chi connectivity index (χ1) is 8.81. The van der Waals surface area contributed by atoms with E-state index in [4.69, 9.17) is 5.73 Å². The maximum atomic E-state index is 5.63. The summed E-state index contributed by atoms with van der Waals surface area (Å²) >= 11 is 1.59. The van der Waals surface area contributed by atoms with Crippen LogP contribution in [0.5, 0.6) is 0 Å².